The molecule has 1 fully saturated rings. The summed E-state index contributed by atoms with van der Waals surface area (Å²) in [4.78, 5) is 11.7. The van der Waals surface area contributed by atoms with E-state index in [9.17, 15) is 26.4 Å². The zero-order valence-electron chi connectivity index (χ0n) is 11.9. The number of rotatable bonds is 4. The minimum absolute atomic E-state index is 0.00716. The van der Waals surface area contributed by atoms with Gasteiger partial charge in [-0.05, 0) is 19.4 Å². The summed E-state index contributed by atoms with van der Waals surface area (Å²) < 4.78 is 61.2. The topological polar surface area (TPSA) is 81.1 Å². The summed E-state index contributed by atoms with van der Waals surface area (Å²) >= 11 is 0. The molecule has 10 heteroatoms. The summed E-state index contributed by atoms with van der Waals surface area (Å²) in [5.41, 5.74) is -0.684. The van der Waals surface area contributed by atoms with Crippen LogP contribution in [0, 0.1) is 6.92 Å². The number of nitrogens with zero attached hydrogens (tertiary/aromatic N) is 2. The average molecular weight is 339 g/mol. The summed E-state index contributed by atoms with van der Waals surface area (Å²) in [6.07, 6.45) is -4.21. The van der Waals surface area contributed by atoms with Crippen LogP contribution < -0.4 is 5.32 Å². The van der Waals surface area contributed by atoms with Crippen LogP contribution in [0.2, 0.25) is 0 Å². The Kier molecular flexibility index (Phi) is 4.50. The van der Waals surface area contributed by atoms with Crippen LogP contribution >= 0.6 is 0 Å². The van der Waals surface area contributed by atoms with E-state index < -0.39 is 33.7 Å². The van der Waals surface area contributed by atoms with E-state index >= 15 is 0 Å². The van der Waals surface area contributed by atoms with Gasteiger partial charge in [-0.2, -0.15) is 18.3 Å². The number of amides is 1. The van der Waals surface area contributed by atoms with Gasteiger partial charge >= 0.3 is 6.18 Å². The fraction of sp³-hybridized carbons (Fsp3) is 0.667. The molecule has 22 heavy (non-hydrogen) atoms. The van der Waals surface area contributed by atoms with Crippen molar-refractivity contribution in [2.45, 2.75) is 38.5 Å². The second kappa shape index (κ2) is 5.90. The molecule has 1 aromatic rings. The smallest absolute Gasteiger partial charge is 0.352 e. The quantitative estimate of drug-likeness (QED) is 0.884. The molecule has 0 saturated carbocycles. The van der Waals surface area contributed by atoms with E-state index in [0.717, 1.165) is 10.7 Å². The normalized spacial score (nSPS) is 21.0. The minimum Gasteiger partial charge on any atom is -0.352 e. The predicted octanol–water partition coefficient (Wildman–Crippen LogP) is 0.904. The minimum atomic E-state index is -4.52. The van der Waals surface area contributed by atoms with Crippen LogP contribution in [0.1, 0.15) is 24.2 Å². The first kappa shape index (κ1) is 16.8. The lowest BCUT2D eigenvalue weighted by atomic mass is 10.2. The highest BCUT2D eigenvalue weighted by Crippen LogP contribution is 2.28. The van der Waals surface area contributed by atoms with Gasteiger partial charge in [-0.1, -0.05) is 0 Å². The Morgan fingerprint density at radius 3 is 2.68 bits per heavy atom. The van der Waals surface area contributed by atoms with Crippen molar-refractivity contribution in [2.75, 3.05) is 11.5 Å². The van der Waals surface area contributed by atoms with Crippen molar-refractivity contribution in [2.24, 2.45) is 0 Å². The van der Waals surface area contributed by atoms with Crippen LogP contribution in [0.25, 0.3) is 0 Å². The van der Waals surface area contributed by atoms with Crippen molar-refractivity contribution in [3.05, 3.63) is 17.5 Å². The first-order valence-corrected chi connectivity index (χ1v) is 8.50. The highest BCUT2D eigenvalue weighted by molar-refractivity contribution is 7.91. The summed E-state index contributed by atoms with van der Waals surface area (Å²) in [5.74, 6) is -0.436. The van der Waals surface area contributed by atoms with Crippen LogP contribution in [0.3, 0.4) is 0 Å². The van der Waals surface area contributed by atoms with Gasteiger partial charge in [0.2, 0.25) is 5.91 Å². The largest absolute Gasteiger partial charge is 0.435 e. The maximum absolute atomic E-state index is 12.5. The number of halogens is 3. The van der Waals surface area contributed by atoms with Gasteiger partial charge in [-0.25, -0.2) is 8.42 Å². The van der Waals surface area contributed by atoms with E-state index in [1.54, 1.807) is 0 Å². The van der Waals surface area contributed by atoms with Gasteiger partial charge in [0.05, 0.1) is 11.5 Å². The van der Waals surface area contributed by atoms with Crippen LogP contribution in [0.4, 0.5) is 13.2 Å². The molecule has 2 heterocycles. The van der Waals surface area contributed by atoms with E-state index in [-0.39, 0.29) is 24.5 Å². The molecule has 1 unspecified atom stereocenters. The fourth-order valence-corrected chi connectivity index (χ4v) is 3.96. The number of aryl methyl sites for hydroxylation is 2. The van der Waals surface area contributed by atoms with Gasteiger partial charge in [-0.15, -0.1) is 0 Å². The summed E-state index contributed by atoms with van der Waals surface area (Å²) in [7, 11) is -3.09. The molecule has 0 bridgehead atoms. The van der Waals surface area contributed by atoms with Gasteiger partial charge < -0.3 is 5.32 Å². The Morgan fingerprint density at radius 2 is 2.18 bits per heavy atom. The number of alkyl halides is 3. The highest BCUT2D eigenvalue weighted by atomic mass is 32.2. The number of carbonyl (C=O) groups excluding carboxylic acids is 1. The van der Waals surface area contributed by atoms with Crippen molar-refractivity contribution >= 4 is 15.7 Å². The molecule has 0 aromatic carbocycles. The predicted molar refractivity (Wildman–Crippen MR) is 71.8 cm³/mol. The lowest BCUT2D eigenvalue weighted by Crippen LogP contribution is -2.36. The third kappa shape index (κ3) is 4.21. The Morgan fingerprint density at radius 1 is 1.50 bits per heavy atom. The van der Waals surface area contributed by atoms with Crippen LogP contribution in [-0.2, 0) is 27.4 Å². The van der Waals surface area contributed by atoms with Crippen molar-refractivity contribution in [1.82, 2.24) is 15.1 Å². The molecule has 1 N–H and O–H groups in total. The van der Waals surface area contributed by atoms with Crippen LogP contribution in [-0.4, -0.2) is 41.7 Å². The molecule has 0 radical (unpaired) electrons. The van der Waals surface area contributed by atoms with Crippen molar-refractivity contribution in [3.8, 4) is 0 Å². The van der Waals surface area contributed by atoms with E-state index in [0.29, 0.717) is 12.1 Å². The Hall–Kier alpha value is -1.58. The van der Waals surface area contributed by atoms with Gasteiger partial charge in [-0.3, -0.25) is 9.48 Å². The van der Waals surface area contributed by atoms with Crippen LogP contribution in [0.5, 0.6) is 0 Å². The highest BCUT2D eigenvalue weighted by Gasteiger charge is 2.34. The van der Waals surface area contributed by atoms with E-state index in [1.807, 2.05) is 0 Å². The molecule has 2 rings (SSSR count). The Labute approximate surface area is 125 Å². The first-order valence-electron chi connectivity index (χ1n) is 6.68. The number of nitrogens with one attached hydrogen (secondary N) is 1. The van der Waals surface area contributed by atoms with Gasteiger partial charge in [0.15, 0.2) is 15.5 Å². The maximum Gasteiger partial charge on any atom is 0.435 e. The molecule has 124 valence electrons. The van der Waals surface area contributed by atoms with E-state index in [1.165, 1.54) is 6.92 Å². The van der Waals surface area contributed by atoms with Crippen LogP contribution in [0.15, 0.2) is 6.07 Å². The summed E-state index contributed by atoms with van der Waals surface area (Å²) in [6, 6.07) is 0.503. The summed E-state index contributed by atoms with van der Waals surface area (Å²) in [6.45, 7) is 1.48. The number of hydrogen-bond donors (Lipinski definition) is 1. The zero-order chi connectivity index (χ0) is 16.5. The maximum atomic E-state index is 12.5. The Balaban J connectivity index is 1.88. The molecule has 0 spiro atoms. The molecule has 1 aliphatic rings. The lowest BCUT2D eigenvalue weighted by Gasteiger charge is -2.11. The van der Waals surface area contributed by atoms with Crippen molar-refractivity contribution in [3.63, 3.8) is 0 Å². The zero-order valence-corrected chi connectivity index (χ0v) is 12.7. The molecule has 1 saturated heterocycles. The molecule has 1 aliphatic heterocycles. The molecule has 1 atom stereocenters. The van der Waals surface area contributed by atoms with Gasteiger partial charge in [0.1, 0.15) is 0 Å². The molecular formula is C12H16F3N3O3S. The van der Waals surface area contributed by atoms with Gasteiger partial charge in [0.25, 0.3) is 0 Å². The SMILES string of the molecule is Cc1cc(C(F)(F)F)nn1CCC(=O)NC1CCS(=O)(=O)C1. The third-order valence-electron chi connectivity index (χ3n) is 3.42. The standard InChI is InChI=1S/C12H16F3N3O3S/c1-8-6-10(12(13,14)15)17-18(8)4-2-11(19)16-9-3-5-22(20,21)7-9/h6,9H,2-5,7H2,1H3,(H,16,19). The average Bonchev–Trinajstić information content (AvgIpc) is 2.89. The fourth-order valence-electron chi connectivity index (χ4n) is 2.29. The van der Waals surface area contributed by atoms with Crippen molar-refractivity contribution in [1.29, 1.82) is 0 Å². The van der Waals surface area contributed by atoms with E-state index in [2.05, 4.69) is 10.4 Å². The van der Waals surface area contributed by atoms with E-state index in [4.69, 9.17) is 0 Å². The summed E-state index contributed by atoms with van der Waals surface area (Å²) in [5, 5.41) is 6.00. The van der Waals surface area contributed by atoms with Crippen molar-refractivity contribution < 1.29 is 26.4 Å². The number of aromatic nitrogens is 2. The lowest BCUT2D eigenvalue weighted by molar-refractivity contribution is -0.141. The monoisotopic (exact) mass is 339 g/mol. The second-order valence-electron chi connectivity index (χ2n) is 5.31. The number of hydrogen-bond acceptors (Lipinski definition) is 4. The first-order chi connectivity index (χ1) is 10.1. The molecule has 1 aromatic heterocycles. The number of sulfone groups is 1. The molecule has 0 aliphatic carbocycles. The van der Waals surface area contributed by atoms with Gasteiger partial charge in [0, 0.05) is 24.7 Å². The molecule has 1 amide bonds. The molecule has 6 nitrogen and oxygen atoms in total. The Bertz CT molecular complexity index is 667. The third-order valence-corrected chi connectivity index (χ3v) is 5.19. The second-order valence-corrected chi connectivity index (χ2v) is 7.54. The molecular weight excluding hydrogens is 323 g/mol. The number of carbonyl (C=O) groups is 1.